The normalized spacial score (nSPS) is 12.4. The Labute approximate surface area is 104 Å². The van der Waals surface area contributed by atoms with Gasteiger partial charge in [-0.2, -0.15) is 0 Å². The topological polar surface area (TPSA) is 22.4 Å². The van der Waals surface area contributed by atoms with E-state index in [-0.39, 0.29) is 5.38 Å². The molecule has 1 aromatic carbocycles. The maximum atomic E-state index is 6.25. The predicted octanol–water partition coefficient (Wildman–Crippen LogP) is 4.27. The second-order valence-corrected chi connectivity index (χ2v) is 4.11. The molecule has 0 spiro atoms. The van der Waals surface area contributed by atoms with Gasteiger partial charge in [0, 0.05) is 5.02 Å². The van der Waals surface area contributed by atoms with Crippen LogP contribution in [0.25, 0.3) is 0 Å². The third-order valence-electron chi connectivity index (χ3n) is 2.27. The Kier molecular flexibility index (Phi) is 3.42. The van der Waals surface area contributed by atoms with Gasteiger partial charge >= 0.3 is 0 Å². The molecule has 16 heavy (non-hydrogen) atoms. The number of hydrogen-bond donors (Lipinski definition) is 0. The van der Waals surface area contributed by atoms with E-state index in [2.05, 4.69) is 0 Å². The molecule has 1 aromatic heterocycles. The van der Waals surface area contributed by atoms with Crippen molar-refractivity contribution in [3.05, 3.63) is 52.9 Å². The van der Waals surface area contributed by atoms with Crippen LogP contribution in [0.3, 0.4) is 0 Å². The Bertz CT molecular complexity index is 466. The van der Waals surface area contributed by atoms with E-state index in [1.165, 1.54) is 0 Å². The fourth-order valence-corrected chi connectivity index (χ4v) is 2.08. The molecular formula is C12H10Cl2O2. The SMILES string of the molecule is COc1ccc(C(Cl)c2ccco2)c(Cl)c1. The maximum Gasteiger partial charge on any atom is 0.126 e. The molecule has 0 saturated heterocycles. The summed E-state index contributed by atoms with van der Waals surface area (Å²) in [7, 11) is 1.59. The van der Waals surface area contributed by atoms with Gasteiger partial charge in [-0.3, -0.25) is 0 Å². The van der Waals surface area contributed by atoms with Crippen molar-refractivity contribution in [1.82, 2.24) is 0 Å². The van der Waals surface area contributed by atoms with Gasteiger partial charge in [0.05, 0.1) is 13.4 Å². The van der Waals surface area contributed by atoms with Crippen molar-refractivity contribution in [3.8, 4) is 5.75 Å². The number of hydrogen-bond acceptors (Lipinski definition) is 2. The molecule has 0 aliphatic rings. The van der Waals surface area contributed by atoms with E-state index in [9.17, 15) is 0 Å². The number of furan rings is 1. The molecule has 0 saturated carbocycles. The molecule has 1 unspecified atom stereocenters. The summed E-state index contributed by atoms with van der Waals surface area (Å²) in [5, 5.41) is 0.184. The van der Waals surface area contributed by atoms with Crippen molar-refractivity contribution in [2.75, 3.05) is 7.11 Å². The third kappa shape index (κ3) is 2.18. The maximum absolute atomic E-state index is 6.25. The number of methoxy groups -OCH3 is 1. The first-order valence-corrected chi connectivity index (χ1v) is 5.54. The Balaban J connectivity index is 2.34. The first kappa shape index (κ1) is 11.4. The zero-order valence-corrected chi connectivity index (χ0v) is 10.1. The van der Waals surface area contributed by atoms with Crippen molar-refractivity contribution < 1.29 is 9.15 Å². The fraction of sp³-hybridized carbons (Fsp3) is 0.167. The molecule has 0 amide bonds. The van der Waals surface area contributed by atoms with Crippen LogP contribution in [0.5, 0.6) is 5.75 Å². The lowest BCUT2D eigenvalue weighted by atomic mass is 10.1. The van der Waals surface area contributed by atoms with Crippen LogP contribution in [0.4, 0.5) is 0 Å². The molecule has 0 bridgehead atoms. The molecule has 2 rings (SSSR count). The summed E-state index contributed by atoms with van der Waals surface area (Å²) in [6.07, 6.45) is 1.59. The van der Waals surface area contributed by atoms with Gasteiger partial charge < -0.3 is 9.15 Å². The molecule has 1 atom stereocenters. The lowest BCUT2D eigenvalue weighted by Gasteiger charge is -2.10. The summed E-state index contributed by atoms with van der Waals surface area (Å²) in [6.45, 7) is 0. The quantitative estimate of drug-likeness (QED) is 0.766. The van der Waals surface area contributed by atoms with Crippen LogP contribution < -0.4 is 4.74 Å². The monoisotopic (exact) mass is 256 g/mol. The molecule has 0 aliphatic heterocycles. The van der Waals surface area contributed by atoms with E-state index in [4.69, 9.17) is 32.4 Å². The average molecular weight is 257 g/mol. The average Bonchev–Trinajstić information content (AvgIpc) is 2.81. The predicted molar refractivity (Wildman–Crippen MR) is 64.4 cm³/mol. The minimum Gasteiger partial charge on any atom is -0.497 e. The molecule has 0 aliphatic carbocycles. The highest BCUT2D eigenvalue weighted by molar-refractivity contribution is 6.33. The van der Waals surface area contributed by atoms with E-state index >= 15 is 0 Å². The van der Waals surface area contributed by atoms with Crippen LogP contribution >= 0.6 is 23.2 Å². The first-order valence-electron chi connectivity index (χ1n) is 4.73. The zero-order chi connectivity index (χ0) is 11.5. The second-order valence-electron chi connectivity index (χ2n) is 3.27. The highest BCUT2D eigenvalue weighted by Crippen LogP contribution is 2.35. The summed E-state index contributed by atoms with van der Waals surface area (Å²) in [6, 6.07) is 9.00. The molecule has 0 radical (unpaired) electrons. The van der Waals surface area contributed by atoms with Gasteiger partial charge in [0.15, 0.2) is 0 Å². The first-order chi connectivity index (χ1) is 7.72. The van der Waals surface area contributed by atoms with Gasteiger partial charge in [-0.1, -0.05) is 17.7 Å². The van der Waals surface area contributed by atoms with Crippen LogP contribution in [-0.4, -0.2) is 7.11 Å². The summed E-state index contributed by atoms with van der Waals surface area (Å²) in [4.78, 5) is 0. The van der Waals surface area contributed by atoms with Gasteiger partial charge in [-0.15, -0.1) is 11.6 Å². The minimum atomic E-state index is -0.381. The molecule has 0 fully saturated rings. The molecule has 4 heteroatoms. The Hall–Kier alpha value is -1.12. The number of halogens is 2. The van der Waals surface area contributed by atoms with Crippen molar-refractivity contribution >= 4 is 23.2 Å². The number of ether oxygens (including phenoxy) is 1. The second kappa shape index (κ2) is 4.81. The lowest BCUT2D eigenvalue weighted by molar-refractivity contribution is 0.414. The van der Waals surface area contributed by atoms with Gasteiger partial charge in [0.25, 0.3) is 0 Å². The van der Waals surface area contributed by atoms with E-state index in [1.807, 2.05) is 18.2 Å². The highest BCUT2D eigenvalue weighted by Gasteiger charge is 2.16. The van der Waals surface area contributed by atoms with E-state index < -0.39 is 0 Å². The lowest BCUT2D eigenvalue weighted by Crippen LogP contribution is -1.93. The summed E-state index contributed by atoms with van der Waals surface area (Å²) in [5.41, 5.74) is 0.805. The van der Waals surface area contributed by atoms with Crippen LogP contribution in [0, 0.1) is 0 Å². The van der Waals surface area contributed by atoms with Crippen LogP contribution in [-0.2, 0) is 0 Å². The van der Waals surface area contributed by atoms with Crippen LogP contribution in [0.2, 0.25) is 5.02 Å². The number of rotatable bonds is 3. The summed E-state index contributed by atoms with van der Waals surface area (Å²) >= 11 is 12.4. The standard InChI is InChI=1S/C12H10Cl2O2/c1-15-8-4-5-9(10(13)7-8)12(14)11-3-2-6-16-11/h2-7,12H,1H3. The fourth-order valence-electron chi connectivity index (χ4n) is 1.43. The van der Waals surface area contributed by atoms with Crippen LogP contribution in [0.1, 0.15) is 16.7 Å². The van der Waals surface area contributed by atoms with Gasteiger partial charge in [-0.05, 0) is 29.8 Å². The van der Waals surface area contributed by atoms with Crippen molar-refractivity contribution in [3.63, 3.8) is 0 Å². The third-order valence-corrected chi connectivity index (χ3v) is 3.05. The van der Waals surface area contributed by atoms with Gasteiger partial charge in [-0.25, -0.2) is 0 Å². The largest absolute Gasteiger partial charge is 0.497 e. The number of alkyl halides is 1. The van der Waals surface area contributed by atoms with Gasteiger partial charge in [0.1, 0.15) is 16.9 Å². The summed E-state index contributed by atoms with van der Waals surface area (Å²) in [5.74, 6) is 1.38. The summed E-state index contributed by atoms with van der Waals surface area (Å²) < 4.78 is 10.3. The Morgan fingerprint density at radius 2 is 2.12 bits per heavy atom. The highest BCUT2D eigenvalue weighted by atomic mass is 35.5. The van der Waals surface area contributed by atoms with Gasteiger partial charge in [0.2, 0.25) is 0 Å². The van der Waals surface area contributed by atoms with Crippen LogP contribution in [0.15, 0.2) is 41.0 Å². The molecule has 1 heterocycles. The van der Waals surface area contributed by atoms with E-state index in [0.29, 0.717) is 16.5 Å². The Morgan fingerprint density at radius 3 is 2.69 bits per heavy atom. The molecular weight excluding hydrogens is 247 g/mol. The van der Waals surface area contributed by atoms with Crippen molar-refractivity contribution in [1.29, 1.82) is 0 Å². The zero-order valence-electron chi connectivity index (χ0n) is 8.61. The van der Waals surface area contributed by atoms with Crippen molar-refractivity contribution in [2.45, 2.75) is 5.38 Å². The van der Waals surface area contributed by atoms with E-state index in [1.54, 1.807) is 25.5 Å². The Morgan fingerprint density at radius 1 is 1.31 bits per heavy atom. The molecule has 84 valence electrons. The van der Waals surface area contributed by atoms with E-state index in [0.717, 1.165) is 5.56 Å². The minimum absolute atomic E-state index is 0.381. The van der Waals surface area contributed by atoms with Crippen molar-refractivity contribution in [2.24, 2.45) is 0 Å². The number of benzene rings is 1. The molecule has 0 N–H and O–H groups in total. The smallest absolute Gasteiger partial charge is 0.126 e. The molecule has 2 aromatic rings. The molecule has 2 nitrogen and oxygen atoms in total.